The minimum Gasteiger partial charge on any atom is -0.480 e. The molecule has 0 saturated carbocycles. The third kappa shape index (κ3) is 4.84. The van der Waals surface area contributed by atoms with E-state index in [-0.39, 0.29) is 11.4 Å². The van der Waals surface area contributed by atoms with Gasteiger partial charge in [-0.15, -0.1) is 0 Å². The Kier molecular flexibility index (Phi) is 5.96. The Morgan fingerprint density at radius 2 is 2.10 bits per heavy atom. The molecule has 21 heavy (non-hydrogen) atoms. The minimum atomic E-state index is -0.672. The summed E-state index contributed by atoms with van der Waals surface area (Å²) in [5.74, 6) is 0.256. The van der Waals surface area contributed by atoms with Crippen molar-refractivity contribution in [3.63, 3.8) is 0 Å². The molecule has 1 aromatic rings. The Bertz CT molecular complexity index is 541. The summed E-state index contributed by atoms with van der Waals surface area (Å²) in [6.07, 6.45) is 0.880. The van der Waals surface area contributed by atoms with Crippen molar-refractivity contribution in [1.82, 2.24) is 5.32 Å². The van der Waals surface area contributed by atoms with Crippen LogP contribution in [0.4, 0.5) is 0 Å². The summed E-state index contributed by atoms with van der Waals surface area (Å²) < 4.78 is 6.51. The third-order valence-corrected chi connectivity index (χ3v) is 3.86. The van der Waals surface area contributed by atoms with Crippen LogP contribution >= 0.6 is 15.9 Å². The summed E-state index contributed by atoms with van der Waals surface area (Å²) in [5, 5.41) is 2.93. The largest absolute Gasteiger partial charge is 0.480 e. The van der Waals surface area contributed by atoms with Crippen LogP contribution in [0.25, 0.3) is 0 Å². The number of aldehydes is 1. The van der Waals surface area contributed by atoms with Gasteiger partial charge in [0, 0.05) is 10.0 Å². The first kappa shape index (κ1) is 17.7. The molecule has 1 N–H and O–H groups in total. The SMILES string of the molecule is CCC(C)(C)NC(=O)C(C)Oc1c(C)cc(Br)cc1C=O. The maximum Gasteiger partial charge on any atom is 0.261 e. The van der Waals surface area contributed by atoms with Crippen molar-refractivity contribution >= 4 is 28.1 Å². The van der Waals surface area contributed by atoms with E-state index < -0.39 is 6.10 Å². The lowest BCUT2D eigenvalue weighted by Gasteiger charge is -2.27. The van der Waals surface area contributed by atoms with Gasteiger partial charge >= 0.3 is 0 Å². The first-order chi connectivity index (χ1) is 9.70. The van der Waals surface area contributed by atoms with E-state index in [2.05, 4.69) is 21.2 Å². The molecule has 1 rings (SSSR count). The molecule has 0 heterocycles. The average Bonchev–Trinajstić information content (AvgIpc) is 2.40. The molecule has 1 unspecified atom stereocenters. The number of aryl methyl sites for hydroxylation is 1. The van der Waals surface area contributed by atoms with Crippen molar-refractivity contribution < 1.29 is 14.3 Å². The van der Waals surface area contributed by atoms with Crippen LogP contribution in [0.5, 0.6) is 5.75 Å². The number of rotatable bonds is 6. The number of halogens is 1. The van der Waals surface area contributed by atoms with E-state index in [1.807, 2.05) is 33.8 Å². The monoisotopic (exact) mass is 355 g/mol. The Balaban J connectivity index is 2.91. The summed E-state index contributed by atoms with van der Waals surface area (Å²) >= 11 is 3.34. The first-order valence-electron chi connectivity index (χ1n) is 6.94. The van der Waals surface area contributed by atoms with Gasteiger partial charge in [0.25, 0.3) is 5.91 Å². The highest BCUT2D eigenvalue weighted by atomic mass is 79.9. The van der Waals surface area contributed by atoms with E-state index in [0.29, 0.717) is 11.3 Å². The van der Waals surface area contributed by atoms with Gasteiger partial charge in [-0.05, 0) is 51.8 Å². The number of carbonyl (C=O) groups excluding carboxylic acids is 2. The Morgan fingerprint density at radius 3 is 2.62 bits per heavy atom. The lowest BCUT2D eigenvalue weighted by atomic mass is 10.0. The van der Waals surface area contributed by atoms with Crippen molar-refractivity contribution in [3.05, 3.63) is 27.7 Å². The fourth-order valence-corrected chi connectivity index (χ4v) is 2.35. The van der Waals surface area contributed by atoms with Gasteiger partial charge in [0.1, 0.15) is 5.75 Å². The predicted molar refractivity (Wildman–Crippen MR) is 86.9 cm³/mol. The van der Waals surface area contributed by atoms with Gasteiger partial charge in [0.2, 0.25) is 0 Å². The van der Waals surface area contributed by atoms with Crippen LogP contribution in [0, 0.1) is 6.92 Å². The van der Waals surface area contributed by atoms with Gasteiger partial charge in [-0.25, -0.2) is 0 Å². The van der Waals surface area contributed by atoms with E-state index in [4.69, 9.17) is 4.74 Å². The third-order valence-electron chi connectivity index (χ3n) is 3.40. The standard InChI is InChI=1S/C16H22BrNO3/c1-6-16(4,5)18-15(20)11(3)21-14-10(2)7-13(17)8-12(14)9-19/h7-9,11H,6H2,1-5H3,(H,18,20). The molecule has 5 heteroatoms. The highest BCUT2D eigenvalue weighted by Gasteiger charge is 2.24. The van der Waals surface area contributed by atoms with Crippen molar-refractivity contribution in [3.8, 4) is 5.75 Å². The summed E-state index contributed by atoms with van der Waals surface area (Å²) in [4.78, 5) is 23.3. The molecule has 0 aliphatic rings. The Labute approximate surface area is 134 Å². The summed E-state index contributed by atoms with van der Waals surface area (Å²) in [7, 11) is 0. The van der Waals surface area contributed by atoms with E-state index in [1.54, 1.807) is 13.0 Å². The van der Waals surface area contributed by atoms with E-state index in [1.165, 1.54) is 0 Å². The molecule has 116 valence electrons. The molecular formula is C16H22BrNO3. The molecule has 0 aromatic heterocycles. The zero-order valence-electron chi connectivity index (χ0n) is 13.1. The molecule has 0 bridgehead atoms. The Morgan fingerprint density at radius 1 is 1.48 bits per heavy atom. The maximum absolute atomic E-state index is 12.2. The number of amides is 1. The molecule has 0 saturated heterocycles. The predicted octanol–water partition coefficient (Wildman–Crippen LogP) is 3.64. The number of carbonyl (C=O) groups is 2. The highest BCUT2D eigenvalue weighted by Crippen LogP contribution is 2.27. The smallest absolute Gasteiger partial charge is 0.261 e. The molecule has 1 aromatic carbocycles. The van der Waals surface area contributed by atoms with Gasteiger partial charge in [-0.1, -0.05) is 22.9 Å². The molecule has 1 amide bonds. The van der Waals surface area contributed by atoms with Gasteiger partial charge in [-0.2, -0.15) is 0 Å². The molecule has 0 spiro atoms. The highest BCUT2D eigenvalue weighted by molar-refractivity contribution is 9.10. The number of ether oxygens (including phenoxy) is 1. The van der Waals surface area contributed by atoms with Crippen LogP contribution in [0.15, 0.2) is 16.6 Å². The summed E-state index contributed by atoms with van der Waals surface area (Å²) in [6.45, 7) is 9.44. The molecule has 0 fully saturated rings. The van der Waals surface area contributed by atoms with Gasteiger partial charge in [0.05, 0.1) is 5.56 Å². The topological polar surface area (TPSA) is 55.4 Å². The van der Waals surface area contributed by atoms with Crippen molar-refractivity contribution in [2.75, 3.05) is 0 Å². The van der Waals surface area contributed by atoms with Gasteiger partial charge in [0.15, 0.2) is 12.4 Å². The molecule has 0 aliphatic heterocycles. The maximum atomic E-state index is 12.2. The van der Waals surface area contributed by atoms with Crippen LogP contribution in [0.3, 0.4) is 0 Å². The molecule has 0 radical (unpaired) electrons. The Hall–Kier alpha value is -1.36. The fourth-order valence-electron chi connectivity index (χ4n) is 1.76. The second kappa shape index (κ2) is 7.07. The number of hydrogen-bond acceptors (Lipinski definition) is 3. The zero-order valence-corrected chi connectivity index (χ0v) is 14.7. The summed E-state index contributed by atoms with van der Waals surface area (Å²) in [6, 6.07) is 3.53. The van der Waals surface area contributed by atoms with E-state index >= 15 is 0 Å². The fraction of sp³-hybridized carbons (Fsp3) is 0.500. The van der Waals surface area contributed by atoms with Crippen molar-refractivity contribution in [2.45, 2.75) is 52.7 Å². The normalized spacial score (nSPS) is 12.7. The molecule has 0 aliphatic carbocycles. The van der Waals surface area contributed by atoms with Crippen LogP contribution in [-0.4, -0.2) is 23.8 Å². The van der Waals surface area contributed by atoms with Crippen LogP contribution in [-0.2, 0) is 4.79 Å². The van der Waals surface area contributed by atoms with E-state index in [0.717, 1.165) is 22.7 Å². The second-order valence-electron chi connectivity index (χ2n) is 5.75. The number of nitrogens with one attached hydrogen (secondary N) is 1. The van der Waals surface area contributed by atoms with Crippen LogP contribution < -0.4 is 10.1 Å². The average molecular weight is 356 g/mol. The quantitative estimate of drug-likeness (QED) is 0.792. The van der Waals surface area contributed by atoms with Crippen molar-refractivity contribution in [2.24, 2.45) is 0 Å². The lowest BCUT2D eigenvalue weighted by Crippen LogP contribution is -2.48. The van der Waals surface area contributed by atoms with Crippen LogP contribution in [0.1, 0.15) is 50.0 Å². The van der Waals surface area contributed by atoms with Crippen molar-refractivity contribution in [1.29, 1.82) is 0 Å². The van der Waals surface area contributed by atoms with Gasteiger partial charge < -0.3 is 10.1 Å². The minimum absolute atomic E-state index is 0.194. The zero-order chi connectivity index (χ0) is 16.2. The second-order valence-corrected chi connectivity index (χ2v) is 6.66. The number of benzene rings is 1. The molecular weight excluding hydrogens is 334 g/mol. The molecule has 1 atom stereocenters. The lowest BCUT2D eigenvalue weighted by molar-refractivity contribution is -0.129. The van der Waals surface area contributed by atoms with Crippen LogP contribution in [0.2, 0.25) is 0 Å². The van der Waals surface area contributed by atoms with E-state index in [9.17, 15) is 9.59 Å². The van der Waals surface area contributed by atoms with Gasteiger partial charge in [-0.3, -0.25) is 9.59 Å². The number of hydrogen-bond donors (Lipinski definition) is 1. The summed E-state index contributed by atoms with van der Waals surface area (Å²) in [5.41, 5.74) is 0.953. The first-order valence-corrected chi connectivity index (χ1v) is 7.73. The molecule has 4 nitrogen and oxygen atoms in total.